The Morgan fingerprint density at radius 3 is 2.70 bits per heavy atom. The van der Waals surface area contributed by atoms with E-state index in [0.717, 1.165) is 31.7 Å². The number of nitrogen functional groups attached to an aromatic ring is 1. The Labute approximate surface area is 141 Å². The van der Waals surface area contributed by atoms with Crippen molar-refractivity contribution < 1.29 is 4.74 Å². The summed E-state index contributed by atoms with van der Waals surface area (Å²) < 4.78 is 6.19. The van der Waals surface area contributed by atoms with Crippen LogP contribution in [-0.2, 0) is 0 Å². The highest BCUT2D eigenvalue weighted by molar-refractivity contribution is 6.35. The topological polar surface area (TPSA) is 64.3 Å². The third kappa shape index (κ3) is 3.50. The van der Waals surface area contributed by atoms with Crippen LogP contribution in [0.5, 0.6) is 5.75 Å². The second kappa shape index (κ2) is 6.62. The number of hydrogen-bond acceptors (Lipinski definition) is 5. The van der Waals surface area contributed by atoms with E-state index in [1.807, 2.05) is 0 Å². The molecule has 3 rings (SSSR count). The van der Waals surface area contributed by atoms with Gasteiger partial charge in [-0.1, -0.05) is 23.7 Å². The third-order valence-electron chi connectivity index (χ3n) is 4.18. The van der Waals surface area contributed by atoms with Crippen molar-refractivity contribution in [3.63, 3.8) is 0 Å². The van der Waals surface area contributed by atoms with E-state index in [1.54, 1.807) is 0 Å². The molecule has 0 aliphatic carbocycles. The highest BCUT2D eigenvalue weighted by Crippen LogP contribution is 2.30. The second-order valence-electron chi connectivity index (χ2n) is 5.97. The number of piperidine rings is 1. The molecule has 122 valence electrons. The molecule has 1 fully saturated rings. The van der Waals surface area contributed by atoms with Crippen molar-refractivity contribution >= 4 is 23.2 Å². The van der Waals surface area contributed by atoms with E-state index in [4.69, 9.17) is 22.1 Å². The lowest BCUT2D eigenvalue weighted by atomic mass is 10.1. The number of ether oxygens (including phenoxy) is 1. The Morgan fingerprint density at radius 2 is 1.96 bits per heavy atom. The first kappa shape index (κ1) is 15.9. The number of hydrogen-bond donors (Lipinski definition) is 1. The maximum Gasteiger partial charge on any atom is 0.153 e. The van der Waals surface area contributed by atoms with Crippen molar-refractivity contribution in [1.82, 2.24) is 9.97 Å². The first-order valence-electron chi connectivity index (χ1n) is 7.79. The Balaban J connectivity index is 1.64. The number of aromatic nitrogens is 2. The molecule has 1 aromatic heterocycles. The third-order valence-corrected chi connectivity index (χ3v) is 4.54. The van der Waals surface area contributed by atoms with Crippen LogP contribution < -0.4 is 15.4 Å². The minimum atomic E-state index is 0.213. The van der Waals surface area contributed by atoms with Gasteiger partial charge >= 0.3 is 0 Å². The van der Waals surface area contributed by atoms with E-state index in [-0.39, 0.29) is 6.10 Å². The molecule has 2 heterocycles. The van der Waals surface area contributed by atoms with Crippen LogP contribution in [0.1, 0.15) is 24.0 Å². The lowest BCUT2D eigenvalue weighted by Gasteiger charge is -2.33. The lowest BCUT2D eigenvalue weighted by molar-refractivity contribution is 0.169. The molecule has 0 unspecified atom stereocenters. The van der Waals surface area contributed by atoms with Gasteiger partial charge in [0.1, 0.15) is 29.0 Å². The molecule has 1 aliphatic rings. The monoisotopic (exact) mass is 332 g/mol. The smallest absolute Gasteiger partial charge is 0.153 e. The zero-order valence-corrected chi connectivity index (χ0v) is 14.2. The first-order chi connectivity index (χ1) is 11.0. The molecule has 1 aromatic carbocycles. The van der Waals surface area contributed by atoms with Gasteiger partial charge in [-0.25, -0.2) is 9.97 Å². The van der Waals surface area contributed by atoms with Gasteiger partial charge in [-0.15, -0.1) is 0 Å². The molecule has 0 spiro atoms. The van der Waals surface area contributed by atoms with Crippen LogP contribution in [0.2, 0.25) is 5.02 Å². The van der Waals surface area contributed by atoms with Gasteiger partial charge in [0, 0.05) is 25.9 Å². The van der Waals surface area contributed by atoms with Gasteiger partial charge in [-0.05, 0) is 31.0 Å². The van der Waals surface area contributed by atoms with Gasteiger partial charge in [-0.2, -0.15) is 0 Å². The van der Waals surface area contributed by atoms with Crippen LogP contribution in [-0.4, -0.2) is 29.2 Å². The van der Waals surface area contributed by atoms with Crippen molar-refractivity contribution in [3.05, 3.63) is 40.7 Å². The molecule has 1 aliphatic heterocycles. The molecule has 5 nitrogen and oxygen atoms in total. The van der Waals surface area contributed by atoms with Crippen LogP contribution in [0.3, 0.4) is 0 Å². The van der Waals surface area contributed by atoms with E-state index in [0.29, 0.717) is 16.7 Å². The molecule has 0 amide bonds. The Morgan fingerprint density at radius 1 is 1.22 bits per heavy atom. The zero-order valence-electron chi connectivity index (χ0n) is 13.4. The number of anilines is 2. The number of benzene rings is 1. The predicted molar refractivity (Wildman–Crippen MR) is 93.2 cm³/mol. The van der Waals surface area contributed by atoms with Gasteiger partial charge in [0.2, 0.25) is 0 Å². The Hall–Kier alpha value is -2.01. The van der Waals surface area contributed by atoms with Crippen LogP contribution in [0.25, 0.3) is 0 Å². The van der Waals surface area contributed by atoms with E-state index in [2.05, 4.69) is 46.9 Å². The molecule has 2 aromatic rings. The van der Waals surface area contributed by atoms with E-state index < -0.39 is 0 Å². The summed E-state index contributed by atoms with van der Waals surface area (Å²) in [7, 11) is 0. The summed E-state index contributed by atoms with van der Waals surface area (Å²) >= 11 is 6.21. The summed E-state index contributed by atoms with van der Waals surface area (Å²) in [6.07, 6.45) is 3.51. The fourth-order valence-corrected chi connectivity index (χ4v) is 3.01. The van der Waals surface area contributed by atoms with Gasteiger partial charge in [0.15, 0.2) is 5.82 Å². The van der Waals surface area contributed by atoms with Crippen molar-refractivity contribution in [1.29, 1.82) is 0 Å². The van der Waals surface area contributed by atoms with Gasteiger partial charge in [0.05, 0.1) is 0 Å². The highest BCUT2D eigenvalue weighted by atomic mass is 35.5. The summed E-state index contributed by atoms with van der Waals surface area (Å²) in [4.78, 5) is 10.3. The quantitative estimate of drug-likeness (QED) is 0.933. The van der Waals surface area contributed by atoms with Gasteiger partial charge in [0.25, 0.3) is 0 Å². The number of aryl methyl sites for hydroxylation is 2. The van der Waals surface area contributed by atoms with E-state index in [1.165, 1.54) is 17.5 Å². The van der Waals surface area contributed by atoms with Crippen molar-refractivity contribution in [3.8, 4) is 5.75 Å². The van der Waals surface area contributed by atoms with Gasteiger partial charge < -0.3 is 15.4 Å². The fraction of sp³-hybridized carbons (Fsp3) is 0.412. The van der Waals surface area contributed by atoms with Crippen LogP contribution in [0.4, 0.5) is 11.6 Å². The molecule has 2 N–H and O–H groups in total. The number of nitrogens with two attached hydrogens (primary N) is 1. The van der Waals surface area contributed by atoms with Crippen molar-refractivity contribution in [2.75, 3.05) is 23.7 Å². The van der Waals surface area contributed by atoms with Crippen molar-refractivity contribution in [2.45, 2.75) is 32.8 Å². The normalized spacial score (nSPS) is 15.7. The second-order valence-corrected chi connectivity index (χ2v) is 6.35. The predicted octanol–water partition coefficient (Wildman–Crippen LogP) is 3.38. The Kier molecular flexibility index (Phi) is 4.57. The van der Waals surface area contributed by atoms with Gasteiger partial charge in [-0.3, -0.25) is 0 Å². The summed E-state index contributed by atoms with van der Waals surface area (Å²) in [5.41, 5.74) is 8.14. The molecular formula is C17H21ClN4O. The van der Waals surface area contributed by atoms with E-state index in [9.17, 15) is 0 Å². The summed E-state index contributed by atoms with van der Waals surface area (Å²) in [5.74, 6) is 2.02. The summed E-state index contributed by atoms with van der Waals surface area (Å²) in [5, 5.41) is 0.432. The Bertz CT molecular complexity index is 699. The zero-order chi connectivity index (χ0) is 16.4. The standard InChI is InChI=1S/C17H21ClN4O/c1-11-3-4-12(2)14(9-11)23-13-5-7-22(8-6-13)17-15(18)16(19)20-10-21-17/h3-4,9-10,13H,5-8H2,1-2H3,(H2,19,20,21). The number of rotatable bonds is 3. The average Bonchev–Trinajstić information content (AvgIpc) is 2.54. The number of nitrogens with zero attached hydrogens (tertiary/aromatic N) is 3. The molecule has 1 saturated heterocycles. The maximum absolute atomic E-state index is 6.21. The average molecular weight is 333 g/mol. The van der Waals surface area contributed by atoms with Crippen LogP contribution >= 0.6 is 11.6 Å². The molecule has 0 radical (unpaired) electrons. The van der Waals surface area contributed by atoms with Crippen LogP contribution in [0, 0.1) is 13.8 Å². The lowest BCUT2D eigenvalue weighted by Crippen LogP contribution is -2.39. The molecule has 0 bridgehead atoms. The fourth-order valence-electron chi connectivity index (χ4n) is 2.79. The molecular weight excluding hydrogens is 312 g/mol. The maximum atomic E-state index is 6.21. The summed E-state index contributed by atoms with van der Waals surface area (Å²) in [6.45, 7) is 5.83. The minimum absolute atomic E-state index is 0.213. The highest BCUT2D eigenvalue weighted by Gasteiger charge is 2.24. The molecule has 0 atom stereocenters. The largest absolute Gasteiger partial charge is 0.490 e. The molecule has 6 heteroatoms. The van der Waals surface area contributed by atoms with Crippen LogP contribution in [0.15, 0.2) is 24.5 Å². The molecule has 0 saturated carbocycles. The SMILES string of the molecule is Cc1ccc(C)c(OC2CCN(c3ncnc(N)c3Cl)CC2)c1. The summed E-state index contributed by atoms with van der Waals surface area (Å²) in [6, 6.07) is 6.30. The molecule has 23 heavy (non-hydrogen) atoms. The number of halogens is 1. The minimum Gasteiger partial charge on any atom is -0.490 e. The first-order valence-corrected chi connectivity index (χ1v) is 8.17. The van der Waals surface area contributed by atoms with E-state index >= 15 is 0 Å². The van der Waals surface area contributed by atoms with Crippen molar-refractivity contribution in [2.24, 2.45) is 0 Å².